The second kappa shape index (κ2) is 4.41. The van der Waals surface area contributed by atoms with Crippen LogP contribution in [0.4, 0.5) is 5.82 Å². The smallest absolute Gasteiger partial charge is 0.135 e. The van der Waals surface area contributed by atoms with Crippen LogP contribution in [0.1, 0.15) is 32.2 Å². The molecule has 2 rings (SSSR count). The van der Waals surface area contributed by atoms with Crippen LogP contribution in [-0.4, -0.2) is 9.97 Å². The van der Waals surface area contributed by atoms with Gasteiger partial charge in [0.05, 0.1) is 0 Å². The topological polar surface area (TPSA) is 51.8 Å². The summed E-state index contributed by atoms with van der Waals surface area (Å²) in [6.07, 6.45) is 1.78. The number of hydrogen-bond donors (Lipinski definition) is 1. The maximum Gasteiger partial charge on any atom is 0.135 e. The van der Waals surface area contributed by atoms with Crippen molar-refractivity contribution in [2.45, 2.75) is 33.1 Å². The molecular formula is C15H19N3. The lowest BCUT2D eigenvalue weighted by Gasteiger charge is -2.19. The van der Waals surface area contributed by atoms with Gasteiger partial charge in [-0.15, -0.1) is 0 Å². The molecule has 0 aliphatic carbocycles. The van der Waals surface area contributed by atoms with Crippen molar-refractivity contribution < 1.29 is 0 Å². The molecule has 2 N–H and O–H groups in total. The highest BCUT2D eigenvalue weighted by Gasteiger charge is 2.13. The molecule has 0 saturated carbocycles. The lowest BCUT2D eigenvalue weighted by atomic mass is 9.86. The normalized spacial score (nSPS) is 11.6. The second-order valence-corrected chi connectivity index (χ2v) is 5.54. The summed E-state index contributed by atoms with van der Waals surface area (Å²) in [4.78, 5) is 8.38. The Morgan fingerprint density at radius 1 is 1.06 bits per heavy atom. The molecule has 0 aliphatic rings. The van der Waals surface area contributed by atoms with Gasteiger partial charge in [-0.05, 0) is 23.5 Å². The van der Waals surface area contributed by atoms with Crippen molar-refractivity contribution in [3.8, 4) is 11.1 Å². The fourth-order valence-corrected chi connectivity index (χ4v) is 1.86. The zero-order valence-electron chi connectivity index (χ0n) is 11.4. The molecule has 94 valence electrons. The van der Waals surface area contributed by atoms with Gasteiger partial charge in [0.2, 0.25) is 0 Å². The third-order valence-electron chi connectivity index (χ3n) is 3.00. The maximum absolute atomic E-state index is 5.93. The average molecular weight is 241 g/mol. The highest BCUT2D eigenvalue weighted by Crippen LogP contribution is 2.27. The first-order chi connectivity index (χ1) is 8.38. The largest absolute Gasteiger partial charge is 0.383 e. The van der Waals surface area contributed by atoms with Crippen molar-refractivity contribution in [1.29, 1.82) is 0 Å². The van der Waals surface area contributed by atoms with Gasteiger partial charge in [-0.25, -0.2) is 9.97 Å². The first-order valence-corrected chi connectivity index (χ1v) is 6.08. The summed E-state index contributed by atoms with van der Waals surface area (Å²) in [5.41, 5.74) is 9.34. The zero-order valence-corrected chi connectivity index (χ0v) is 11.4. The summed E-state index contributed by atoms with van der Waals surface area (Å²) in [5.74, 6) is 1.23. The van der Waals surface area contributed by atoms with Gasteiger partial charge in [-0.2, -0.15) is 0 Å². The summed E-state index contributed by atoms with van der Waals surface area (Å²) in [6.45, 7) is 8.44. The molecule has 18 heavy (non-hydrogen) atoms. The van der Waals surface area contributed by atoms with E-state index >= 15 is 0 Å². The molecule has 0 fully saturated rings. The Hall–Kier alpha value is -1.90. The van der Waals surface area contributed by atoms with Gasteiger partial charge < -0.3 is 5.73 Å². The van der Waals surface area contributed by atoms with Gasteiger partial charge in [0, 0.05) is 11.8 Å². The quantitative estimate of drug-likeness (QED) is 0.833. The molecular weight excluding hydrogens is 222 g/mol. The predicted molar refractivity (Wildman–Crippen MR) is 75.3 cm³/mol. The molecule has 3 nitrogen and oxygen atoms in total. The molecule has 0 unspecified atom stereocenters. The highest BCUT2D eigenvalue weighted by molar-refractivity contribution is 5.73. The Balaban J connectivity index is 2.41. The minimum Gasteiger partial charge on any atom is -0.383 e. The Morgan fingerprint density at radius 3 is 2.17 bits per heavy atom. The van der Waals surface area contributed by atoms with E-state index in [1.807, 2.05) is 6.92 Å². The van der Waals surface area contributed by atoms with Crippen LogP contribution < -0.4 is 5.73 Å². The number of hydrogen-bond acceptors (Lipinski definition) is 3. The first kappa shape index (κ1) is 12.6. The van der Waals surface area contributed by atoms with Crippen molar-refractivity contribution in [3.63, 3.8) is 0 Å². The minimum absolute atomic E-state index is 0.161. The van der Waals surface area contributed by atoms with Gasteiger partial charge in [-0.3, -0.25) is 0 Å². The van der Waals surface area contributed by atoms with Crippen molar-refractivity contribution in [1.82, 2.24) is 9.97 Å². The summed E-state index contributed by atoms with van der Waals surface area (Å²) in [7, 11) is 0. The van der Waals surface area contributed by atoms with E-state index in [4.69, 9.17) is 5.73 Å². The Bertz CT molecular complexity index is 551. The van der Waals surface area contributed by atoms with E-state index in [-0.39, 0.29) is 5.41 Å². The fourth-order valence-electron chi connectivity index (χ4n) is 1.86. The van der Waals surface area contributed by atoms with E-state index in [2.05, 4.69) is 55.0 Å². The molecule has 0 spiro atoms. The molecule has 3 heteroatoms. The van der Waals surface area contributed by atoms with Crippen molar-refractivity contribution >= 4 is 5.82 Å². The monoisotopic (exact) mass is 241 g/mol. The standard InChI is InChI=1S/C15H19N3/c1-10-17-9-13(14(16)18-10)11-5-7-12(8-6-11)15(2,3)4/h5-9H,1-4H3,(H2,16,17,18). The number of nitrogens with two attached hydrogens (primary N) is 1. The number of benzene rings is 1. The second-order valence-electron chi connectivity index (χ2n) is 5.54. The van der Waals surface area contributed by atoms with Crippen LogP contribution in [-0.2, 0) is 5.41 Å². The Kier molecular flexibility index (Phi) is 3.07. The van der Waals surface area contributed by atoms with Crippen LogP contribution in [0.15, 0.2) is 30.5 Å². The van der Waals surface area contributed by atoms with E-state index in [9.17, 15) is 0 Å². The van der Waals surface area contributed by atoms with Crippen LogP contribution in [0.3, 0.4) is 0 Å². The van der Waals surface area contributed by atoms with Crippen LogP contribution in [0.25, 0.3) is 11.1 Å². The van der Waals surface area contributed by atoms with E-state index in [1.54, 1.807) is 6.20 Å². The van der Waals surface area contributed by atoms with E-state index in [0.717, 1.165) is 11.1 Å². The summed E-state index contributed by atoms with van der Waals surface area (Å²) in [5, 5.41) is 0. The molecule has 0 radical (unpaired) electrons. The Labute approximate surface area is 108 Å². The molecule has 0 amide bonds. The number of nitrogens with zero attached hydrogens (tertiary/aromatic N) is 2. The van der Waals surface area contributed by atoms with Crippen LogP contribution >= 0.6 is 0 Å². The summed E-state index contributed by atoms with van der Waals surface area (Å²) in [6, 6.07) is 8.42. The lowest BCUT2D eigenvalue weighted by molar-refractivity contribution is 0.590. The number of aromatic nitrogens is 2. The van der Waals surface area contributed by atoms with Crippen LogP contribution in [0.5, 0.6) is 0 Å². The van der Waals surface area contributed by atoms with Gasteiger partial charge in [-0.1, -0.05) is 45.0 Å². The Morgan fingerprint density at radius 2 is 1.67 bits per heavy atom. The van der Waals surface area contributed by atoms with Crippen molar-refractivity contribution in [2.24, 2.45) is 0 Å². The fraction of sp³-hybridized carbons (Fsp3) is 0.333. The predicted octanol–water partition coefficient (Wildman–Crippen LogP) is 3.33. The van der Waals surface area contributed by atoms with Gasteiger partial charge in [0.15, 0.2) is 0 Å². The van der Waals surface area contributed by atoms with E-state index in [0.29, 0.717) is 11.6 Å². The summed E-state index contributed by atoms with van der Waals surface area (Å²) >= 11 is 0. The number of anilines is 1. The number of rotatable bonds is 1. The molecule has 1 aromatic carbocycles. The molecule has 1 aromatic heterocycles. The van der Waals surface area contributed by atoms with Crippen molar-refractivity contribution in [3.05, 3.63) is 41.9 Å². The third-order valence-corrected chi connectivity index (χ3v) is 3.00. The summed E-state index contributed by atoms with van der Waals surface area (Å²) < 4.78 is 0. The average Bonchev–Trinajstić information content (AvgIpc) is 2.28. The molecule has 0 saturated heterocycles. The molecule has 0 bridgehead atoms. The number of nitrogen functional groups attached to an aromatic ring is 1. The minimum atomic E-state index is 0.161. The van der Waals surface area contributed by atoms with Crippen molar-refractivity contribution in [2.75, 3.05) is 5.73 Å². The lowest BCUT2D eigenvalue weighted by Crippen LogP contribution is -2.10. The van der Waals surface area contributed by atoms with Crippen LogP contribution in [0, 0.1) is 6.92 Å². The molecule has 2 aromatic rings. The third kappa shape index (κ3) is 2.50. The molecule has 0 atom stereocenters. The molecule has 0 aliphatic heterocycles. The van der Waals surface area contributed by atoms with Gasteiger partial charge in [0.25, 0.3) is 0 Å². The SMILES string of the molecule is Cc1ncc(-c2ccc(C(C)(C)C)cc2)c(N)n1. The van der Waals surface area contributed by atoms with Gasteiger partial charge in [0.1, 0.15) is 11.6 Å². The zero-order chi connectivity index (χ0) is 13.3. The van der Waals surface area contributed by atoms with E-state index < -0.39 is 0 Å². The first-order valence-electron chi connectivity index (χ1n) is 6.08. The van der Waals surface area contributed by atoms with Crippen LogP contribution in [0.2, 0.25) is 0 Å². The van der Waals surface area contributed by atoms with Gasteiger partial charge >= 0.3 is 0 Å². The number of aryl methyl sites for hydroxylation is 1. The maximum atomic E-state index is 5.93. The molecule has 1 heterocycles. The van der Waals surface area contributed by atoms with E-state index in [1.165, 1.54) is 5.56 Å². The highest BCUT2D eigenvalue weighted by atomic mass is 14.9.